The first-order valence-electron chi connectivity index (χ1n) is 8.35. The van der Waals surface area contributed by atoms with Crippen molar-refractivity contribution in [3.63, 3.8) is 0 Å². The molecule has 0 N–H and O–H groups in total. The number of halogens is 4. The maximum atomic E-state index is 12.7. The fourth-order valence-corrected chi connectivity index (χ4v) is 3.01. The number of alkyl halides is 3. The van der Waals surface area contributed by atoms with Gasteiger partial charge in [-0.1, -0.05) is 41.9 Å². The second-order valence-electron chi connectivity index (χ2n) is 6.12. The number of morpholine rings is 1. The Morgan fingerprint density at radius 3 is 2.52 bits per heavy atom. The minimum absolute atomic E-state index is 0.199. The normalized spacial score (nSPS) is 18.1. The summed E-state index contributed by atoms with van der Waals surface area (Å²) in [7, 11) is 0. The van der Waals surface area contributed by atoms with Gasteiger partial charge in [0, 0.05) is 17.6 Å². The number of carbonyl (C=O) groups excluding carboxylic acids is 1. The first kappa shape index (κ1) is 19.5. The smallest absolute Gasteiger partial charge is 0.370 e. The highest BCUT2D eigenvalue weighted by atomic mass is 35.5. The van der Waals surface area contributed by atoms with Gasteiger partial charge in [0.2, 0.25) is 5.91 Å². The zero-order valence-electron chi connectivity index (χ0n) is 14.2. The van der Waals surface area contributed by atoms with Crippen molar-refractivity contribution in [3.8, 4) is 0 Å². The highest BCUT2D eigenvalue weighted by Crippen LogP contribution is 2.31. The van der Waals surface area contributed by atoms with Crippen molar-refractivity contribution < 1.29 is 22.7 Å². The molecule has 0 radical (unpaired) electrons. The van der Waals surface area contributed by atoms with Crippen LogP contribution in [-0.2, 0) is 15.7 Å². The van der Waals surface area contributed by atoms with Gasteiger partial charge < -0.3 is 9.64 Å². The van der Waals surface area contributed by atoms with E-state index in [2.05, 4.69) is 0 Å². The molecule has 1 unspecified atom stereocenters. The van der Waals surface area contributed by atoms with E-state index in [4.69, 9.17) is 16.3 Å². The standard InChI is InChI=1S/C20H17ClF3NO2/c21-17-4-2-1-3-14(17)7-10-19(26)25-11-12-27-18(13-25)15-5-8-16(9-6-15)20(22,23)24/h1-10,18H,11-13H2/b10-7+. The highest BCUT2D eigenvalue weighted by molar-refractivity contribution is 6.32. The summed E-state index contributed by atoms with van der Waals surface area (Å²) in [6, 6.07) is 12.0. The lowest BCUT2D eigenvalue weighted by Gasteiger charge is -2.32. The number of hydrogen-bond acceptors (Lipinski definition) is 2. The maximum Gasteiger partial charge on any atom is 0.416 e. The molecular weight excluding hydrogens is 379 g/mol. The Morgan fingerprint density at radius 2 is 1.85 bits per heavy atom. The third-order valence-electron chi connectivity index (χ3n) is 4.30. The van der Waals surface area contributed by atoms with Gasteiger partial charge in [-0.15, -0.1) is 0 Å². The van der Waals surface area contributed by atoms with Gasteiger partial charge in [-0.05, 0) is 35.4 Å². The van der Waals surface area contributed by atoms with Gasteiger partial charge >= 0.3 is 6.18 Å². The SMILES string of the molecule is O=C(/C=C/c1ccccc1Cl)N1CCOC(c2ccc(C(F)(F)F)cc2)C1. The van der Waals surface area contributed by atoms with Crippen LogP contribution in [0.15, 0.2) is 54.6 Å². The minimum Gasteiger partial charge on any atom is -0.370 e. The molecule has 27 heavy (non-hydrogen) atoms. The largest absolute Gasteiger partial charge is 0.416 e. The molecule has 1 amide bonds. The Labute approximate surface area is 160 Å². The highest BCUT2D eigenvalue weighted by Gasteiger charge is 2.31. The Balaban J connectivity index is 1.67. The Hall–Kier alpha value is -2.31. The van der Waals surface area contributed by atoms with E-state index in [1.54, 1.807) is 29.2 Å². The number of nitrogens with zero attached hydrogens (tertiary/aromatic N) is 1. The van der Waals surface area contributed by atoms with Crippen LogP contribution in [0.1, 0.15) is 22.8 Å². The van der Waals surface area contributed by atoms with E-state index >= 15 is 0 Å². The van der Waals surface area contributed by atoms with Crippen LogP contribution in [0, 0.1) is 0 Å². The molecule has 1 heterocycles. The van der Waals surface area contributed by atoms with Crippen LogP contribution < -0.4 is 0 Å². The zero-order valence-corrected chi connectivity index (χ0v) is 15.0. The van der Waals surface area contributed by atoms with E-state index in [1.807, 2.05) is 6.07 Å². The summed E-state index contributed by atoms with van der Waals surface area (Å²) in [5.41, 5.74) is 0.633. The molecule has 7 heteroatoms. The molecule has 0 spiro atoms. The fraction of sp³-hybridized carbons (Fsp3) is 0.250. The summed E-state index contributed by atoms with van der Waals surface area (Å²) in [5, 5.41) is 0.547. The van der Waals surface area contributed by atoms with Gasteiger partial charge in [0.15, 0.2) is 0 Å². The van der Waals surface area contributed by atoms with Gasteiger partial charge in [-0.3, -0.25) is 4.79 Å². The van der Waals surface area contributed by atoms with E-state index in [-0.39, 0.29) is 12.5 Å². The number of rotatable bonds is 3. The third-order valence-corrected chi connectivity index (χ3v) is 4.64. The van der Waals surface area contributed by atoms with Gasteiger partial charge in [0.25, 0.3) is 0 Å². The molecule has 2 aromatic carbocycles. The second kappa shape index (κ2) is 8.15. The molecule has 0 bridgehead atoms. The van der Waals surface area contributed by atoms with E-state index in [9.17, 15) is 18.0 Å². The number of benzene rings is 2. The summed E-state index contributed by atoms with van der Waals surface area (Å²) in [4.78, 5) is 14.0. The first-order valence-corrected chi connectivity index (χ1v) is 8.72. The number of amides is 1. The summed E-state index contributed by atoms with van der Waals surface area (Å²) >= 11 is 6.07. The van der Waals surface area contributed by atoms with E-state index < -0.39 is 17.8 Å². The van der Waals surface area contributed by atoms with E-state index in [0.717, 1.165) is 17.7 Å². The summed E-state index contributed by atoms with van der Waals surface area (Å²) < 4.78 is 43.7. The molecule has 1 saturated heterocycles. The van der Waals surface area contributed by atoms with Crippen molar-refractivity contribution in [1.82, 2.24) is 4.90 Å². The van der Waals surface area contributed by atoms with Crippen LogP contribution in [0.25, 0.3) is 6.08 Å². The molecule has 1 aliphatic rings. The quantitative estimate of drug-likeness (QED) is 0.686. The van der Waals surface area contributed by atoms with E-state index in [0.29, 0.717) is 23.7 Å². The van der Waals surface area contributed by atoms with Gasteiger partial charge in [-0.2, -0.15) is 13.2 Å². The van der Waals surface area contributed by atoms with Crippen LogP contribution in [-0.4, -0.2) is 30.5 Å². The molecule has 0 aromatic heterocycles. The topological polar surface area (TPSA) is 29.5 Å². The van der Waals surface area contributed by atoms with Crippen molar-refractivity contribution >= 4 is 23.6 Å². The lowest BCUT2D eigenvalue weighted by atomic mass is 10.0. The molecule has 2 aromatic rings. The van der Waals surface area contributed by atoms with Crippen LogP contribution >= 0.6 is 11.6 Å². The Kier molecular flexibility index (Phi) is 5.87. The van der Waals surface area contributed by atoms with Crippen LogP contribution in [0.3, 0.4) is 0 Å². The van der Waals surface area contributed by atoms with Crippen LogP contribution in [0.2, 0.25) is 5.02 Å². The molecular formula is C20H17ClF3NO2. The van der Waals surface area contributed by atoms with Crippen LogP contribution in [0.5, 0.6) is 0 Å². The summed E-state index contributed by atoms with van der Waals surface area (Å²) in [6.07, 6.45) is -1.75. The monoisotopic (exact) mass is 395 g/mol. The third kappa shape index (κ3) is 4.90. The lowest BCUT2D eigenvalue weighted by molar-refractivity contribution is -0.137. The molecule has 0 aliphatic carbocycles. The summed E-state index contributed by atoms with van der Waals surface area (Å²) in [5.74, 6) is -0.199. The molecule has 142 valence electrons. The number of hydrogen-bond donors (Lipinski definition) is 0. The average Bonchev–Trinajstić information content (AvgIpc) is 2.66. The number of ether oxygens (including phenoxy) is 1. The summed E-state index contributed by atoms with van der Waals surface area (Å²) in [6.45, 7) is 1.01. The van der Waals surface area contributed by atoms with Crippen molar-refractivity contribution in [3.05, 3.63) is 76.3 Å². The first-order chi connectivity index (χ1) is 12.8. The molecule has 1 aliphatic heterocycles. The lowest BCUT2D eigenvalue weighted by Crippen LogP contribution is -2.41. The van der Waals surface area contributed by atoms with Crippen LogP contribution in [0.4, 0.5) is 13.2 Å². The Morgan fingerprint density at radius 1 is 1.15 bits per heavy atom. The molecule has 0 saturated carbocycles. The Bertz CT molecular complexity index is 834. The van der Waals surface area contributed by atoms with Gasteiger partial charge in [0.05, 0.1) is 18.7 Å². The fourth-order valence-electron chi connectivity index (χ4n) is 2.81. The van der Waals surface area contributed by atoms with Crippen molar-refractivity contribution in [2.45, 2.75) is 12.3 Å². The zero-order chi connectivity index (χ0) is 19.4. The van der Waals surface area contributed by atoms with Gasteiger partial charge in [-0.25, -0.2) is 0 Å². The van der Waals surface area contributed by atoms with Crippen molar-refractivity contribution in [1.29, 1.82) is 0 Å². The minimum atomic E-state index is -4.38. The molecule has 3 rings (SSSR count). The average molecular weight is 396 g/mol. The molecule has 1 atom stereocenters. The number of carbonyl (C=O) groups is 1. The molecule has 1 fully saturated rings. The van der Waals surface area contributed by atoms with Crippen molar-refractivity contribution in [2.24, 2.45) is 0 Å². The maximum absolute atomic E-state index is 12.7. The second-order valence-corrected chi connectivity index (χ2v) is 6.53. The predicted molar refractivity (Wildman–Crippen MR) is 97.2 cm³/mol. The van der Waals surface area contributed by atoms with E-state index in [1.165, 1.54) is 18.2 Å². The predicted octanol–water partition coefficient (Wildman–Crippen LogP) is 4.97. The molecule has 3 nitrogen and oxygen atoms in total. The van der Waals surface area contributed by atoms with Gasteiger partial charge in [0.1, 0.15) is 6.10 Å². The van der Waals surface area contributed by atoms with Crippen molar-refractivity contribution in [2.75, 3.05) is 19.7 Å².